The molecular formula is C17H13BrN6O2S. The van der Waals surface area contributed by atoms with Crippen molar-refractivity contribution in [1.82, 2.24) is 29.5 Å². The van der Waals surface area contributed by atoms with Gasteiger partial charge in [0.2, 0.25) is 0 Å². The molecule has 27 heavy (non-hydrogen) atoms. The van der Waals surface area contributed by atoms with Crippen molar-refractivity contribution < 1.29 is 4.74 Å². The van der Waals surface area contributed by atoms with E-state index in [9.17, 15) is 4.79 Å². The van der Waals surface area contributed by atoms with E-state index in [1.165, 1.54) is 16.3 Å². The Kier molecular flexibility index (Phi) is 4.90. The maximum absolute atomic E-state index is 12.4. The summed E-state index contributed by atoms with van der Waals surface area (Å²) in [5, 5.41) is 4.78. The number of rotatable bonds is 5. The number of methoxy groups -OCH3 is 1. The number of aromatic amines is 1. The first-order valence-corrected chi connectivity index (χ1v) is 9.65. The van der Waals surface area contributed by atoms with Crippen LogP contribution in [0.1, 0.15) is 5.56 Å². The van der Waals surface area contributed by atoms with Crippen molar-refractivity contribution in [2.45, 2.75) is 10.9 Å². The zero-order valence-electron chi connectivity index (χ0n) is 14.1. The molecule has 4 aromatic rings. The minimum absolute atomic E-state index is 0.375. The molecule has 0 amide bonds. The van der Waals surface area contributed by atoms with E-state index >= 15 is 0 Å². The summed E-state index contributed by atoms with van der Waals surface area (Å²) in [6, 6.07) is 9.46. The molecule has 0 aliphatic rings. The smallest absolute Gasteiger partial charge is 0.350 e. The normalized spacial score (nSPS) is 11.0. The molecule has 3 aromatic heterocycles. The van der Waals surface area contributed by atoms with Gasteiger partial charge < -0.3 is 4.74 Å². The van der Waals surface area contributed by atoms with E-state index in [-0.39, 0.29) is 5.69 Å². The summed E-state index contributed by atoms with van der Waals surface area (Å²) in [6.45, 7) is 0. The van der Waals surface area contributed by atoms with Gasteiger partial charge in [-0.25, -0.2) is 19.7 Å². The summed E-state index contributed by atoms with van der Waals surface area (Å²) >= 11 is 4.90. The zero-order chi connectivity index (χ0) is 18.8. The molecular weight excluding hydrogens is 432 g/mol. The van der Waals surface area contributed by atoms with E-state index < -0.39 is 0 Å². The molecule has 0 saturated heterocycles. The predicted octanol–water partition coefficient (Wildman–Crippen LogP) is 2.94. The number of aromatic nitrogens is 6. The highest BCUT2D eigenvalue weighted by Crippen LogP contribution is 2.28. The summed E-state index contributed by atoms with van der Waals surface area (Å²) in [6.07, 6.45) is 3.24. The van der Waals surface area contributed by atoms with Gasteiger partial charge in [-0.1, -0.05) is 23.9 Å². The number of hydrogen-bond acceptors (Lipinski definition) is 7. The fraction of sp³-hybridized carbons (Fsp3) is 0.118. The van der Waals surface area contributed by atoms with E-state index in [0.717, 1.165) is 11.3 Å². The molecule has 0 aliphatic heterocycles. The molecule has 0 unspecified atom stereocenters. The molecule has 0 atom stereocenters. The van der Waals surface area contributed by atoms with Gasteiger partial charge in [-0.05, 0) is 39.7 Å². The molecule has 0 fully saturated rings. The second-order valence-corrected chi connectivity index (χ2v) is 7.21. The molecule has 0 radical (unpaired) electrons. The third kappa shape index (κ3) is 3.58. The minimum Gasteiger partial charge on any atom is -0.497 e. The lowest BCUT2D eigenvalue weighted by atomic mass is 10.2. The Morgan fingerprint density at radius 2 is 1.96 bits per heavy atom. The van der Waals surface area contributed by atoms with Crippen LogP contribution in [0.3, 0.4) is 0 Å². The topological polar surface area (TPSA) is 98.1 Å². The lowest BCUT2D eigenvalue weighted by molar-refractivity contribution is 0.414. The lowest BCUT2D eigenvalue weighted by Gasteiger charge is -2.03. The van der Waals surface area contributed by atoms with Crippen LogP contribution in [0, 0.1) is 0 Å². The number of nitrogens with zero attached hydrogens (tertiary/aromatic N) is 5. The largest absolute Gasteiger partial charge is 0.497 e. The first-order chi connectivity index (χ1) is 13.2. The first-order valence-electron chi connectivity index (χ1n) is 7.87. The average Bonchev–Trinajstić information content (AvgIpc) is 3.05. The quantitative estimate of drug-likeness (QED) is 0.472. The summed E-state index contributed by atoms with van der Waals surface area (Å²) in [4.78, 5) is 28.0. The Labute approximate surface area is 166 Å². The first kappa shape index (κ1) is 17.7. The van der Waals surface area contributed by atoms with Crippen LogP contribution in [0.5, 0.6) is 5.75 Å². The summed E-state index contributed by atoms with van der Waals surface area (Å²) in [5.74, 6) is 1.88. The molecule has 1 N–H and O–H groups in total. The molecule has 8 nitrogen and oxygen atoms in total. The number of hydrogen-bond donors (Lipinski definition) is 1. The van der Waals surface area contributed by atoms with E-state index in [0.29, 0.717) is 32.5 Å². The number of thioether (sulfide) groups is 1. The average molecular weight is 445 g/mol. The molecule has 1 aromatic carbocycles. The van der Waals surface area contributed by atoms with Crippen LogP contribution in [0.25, 0.3) is 17.2 Å². The molecule has 4 rings (SSSR count). The van der Waals surface area contributed by atoms with Gasteiger partial charge in [0, 0.05) is 18.1 Å². The number of benzene rings is 1. The van der Waals surface area contributed by atoms with Crippen LogP contribution in [-0.2, 0) is 5.75 Å². The summed E-state index contributed by atoms with van der Waals surface area (Å²) in [7, 11) is 1.63. The SMILES string of the molecule is COc1ccc(CSc2nc3c(Br)c(-c4ncccn4)nn3c(=O)[nH]2)cc1. The Hall–Kier alpha value is -2.72. The predicted molar refractivity (Wildman–Crippen MR) is 105 cm³/mol. The molecule has 0 bridgehead atoms. The molecule has 0 saturated carbocycles. The van der Waals surface area contributed by atoms with Crippen molar-refractivity contribution in [3.8, 4) is 17.3 Å². The molecule has 0 aliphatic carbocycles. The second kappa shape index (κ2) is 7.49. The molecule has 3 heterocycles. The zero-order valence-corrected chi connectivity index (χ0v) is 16.5. The fourth-order valence-electron chi connectivity index (χ4n) is 2.40. The van der Waals surface area contributed by atoms with Crippen molar-refractivity contribution in [2.24, 2.45) is 0 Å². The highest BCUT2D eigenvalue weighted by atomic mass is 79.9. The monoisotopic (exact) mass is 444 g/mol. The highest BCUT2D eigenvalue weighted by molar-refractivity contribution is 9.10. The van der Waals surface area contributed by atoms with Gasteiger partial charge in [0.1, 0.15) is 11.4 Å². The maximum Gasteiger partial charge on any atom is 0.350 e. The molecule has 10 heteroatoms. The van der Waals surface area contributed by atoms with Crippen molar-refractivity contribution in [2.75, 3.05) is 7.11 Å². The van der Waals surface area contributed by atoms with Crippen LogP contribution >= 0.6 is 27.7 Å². The molecule has 136 valence electrons. The van der Waals surface area contributed by atoms with Crippen LogP contribution in [0.15, 0.2) is 57.1 Å². The fourth-order valence-corrected chi connectivity index (χ4v) is 3.72. The van der Waals surface area contributed by atoms with Crippen molar-refractivity contribution >= 4 is 33.3 Å². The van der Waals surface area contributed by atoms with Gasteiger partial charge >= 0.3 is 5.69 Å². The van der Waals surface area contributed by atoms with Gasteiger partial charge in [-0.15, -0.1) is 0 Å². The maximum atomic E-state index is 12.4. The van der Waals surface area contributed by atoms with Crippen molar-refractivity contribution in [3.05, 3.63) is 63.2 Å². The van der Waals surface area contributed by atoms with Gasteiger partial charge in [0.05, 0.1) is 11.6 Å². The van der Waals surface area contributed by atoms with Gasteiger partial charge in [-0.3, -0.25) is 4.98 Å². The number of nitrogens with one attached hydrogen (secondary N) is 1. The Balaban J connectivity index is 1.64. The van der Waals surface area contributed by atoms with E-state index in [1.54, 1.807) is 25.6 Å². The van der Waals surface area contributed by atoms with Crippen molar-refractivity contribution in [1.29, 1.82) is 0 Å². The lowest BCUT2D eigenvalue weighted by Crippen LogP contribution is -2.19. The Morgan fingerprint density at radius 3 is 2.67 bits per heavy atom. The number of fused-ring (bicyclic) bond motifs is 1. The third-order valence-electron chi connectivity index (χ3n) is 3.73. The van der Waals surface area contributed by atoms with E-state index in [1.807, 2.05) is 24.3 Å². The highest BCUT2D eigenvalue weighted by Gasteiger charge is 2.18. The summed E-state index contributed by atoms with van der Waals surface area (Å²) < 4.78 is 6.93. The van der Waals surface area contributed by atoms with Crippen LogP contribution < -0.4 is 10.4 Å². The van der Waals surface area contributed by atoms with Gasteiger partial charge in [0.15, 0.2) is 16.6 Å². The number of ether oxygens (including phenoxy) is 1. The Morgan fingerprint density at radius 1 is 1.22 bits per heavy atom. The number of H-pyrrole nitrogens is 1. The minimum atomic E-state index is -0.375. The van der Waals surface area contributed by atoms with E-state index in [4.69, 9.17) is 4.74 Å². The molecule has 0 spiro atoms. The van der Waals surface area contributed by atoms with Crippen molar-refractivity contribution in [3.63, 3.8) is 0 Å². The van der Waals surface area contributed by atoms with E-state index in [2.05, 4.69) is 41.0 Å². The van der Waals surface area contributed by atoms with Gasteiger partial charge in [-0.2, -0.15) is 9.61 Å². The number of halogens is 1. The standard InChI is InChI=1S/C17H13BrN6O2S/c1-26-11-5-3-10(4-6-11)9-27-16-21-15-12(18)13(14-19-7-2-8-20-14)23-24(15)17(25)22-16/h2-8H,9H2,1H3,(H,21,22,25). The van der Waals surface area contributed by atoms with Crippen LogP contribution in [-0.4, -0.2) is 36.7 Å². The van der Waals surface area contributed by atoms with Gasteiger partial charge in [0.25, 0.3) is 0 Å². The van der Waals surface area contributed by atoms with Crippen LogP contribution in [0.4, 0.5) is 0 Å². The summed E-state index contributed by atoms with van der Waals surface area (Å²) in [5.41, 5.74) is 1.60. The second-order valence-electron chi connectivity index (χ2n) is 5.45. The third-order valence-corrected chi connectivity index (χ3v) is 5.41. The Bertz CT molecular complexity index is 1140. The van der Waals surface area contributed by atoms with Crippen LogP contribution in [0.2, 0.25) is 0 Å².